The normalized spacial score (nSPS) is 10.7. The van der Waals surface area contributed by atoms with Crippen LogP contribution in [0.4, 0.5) is 0 Å². The first-order valence-electron chi connectivity index (χ1n) is 5.39. The summed E-state index contributed by atoms with van der Waals surface area (Å²) in [5.74, 6) is 1.05. The maximum absolute atomic E-state index is 5.61. The van der Waals surface area contributed by atoms with Crippen molar-refractivity contribution in [1.82, 2.24) is 15.1 Å². The van der Waals surface area contributed by atoms with Crippen molar-refractivity contribution in [3.63, 3.8) is 0 Å². The summed E-state index contributed by atoms with van der Waals surface area (Å²) in [6.45, 7) is 0.490. The average molecular weight is 258 g/mol. The Bertz CT molecular complexity index is 648. The zero-order valence-corrected chi connectivity index (χ0v) is 10.2. The molecule has 1 aromatic carbocycles. The quantitative estimate of drug-likeness (QED) is 0.780. The fourth-order valence-corrected chi connectivity index (χ4v) is 2.14. The number of thiazole rings is 1. The summed E-state index contributed by atoms with van der Waals surface area (Å²) >= 11 is 1.48. The molecule has 2 heterocycles. The lowest BCUT2D eigenvalue weighted by Gasteiger charge is -1.97. The van der Waals surface area contributed by atoms with E-state index in [1.807, 2.05) is 24.3 Å². The smallest absolute Gasteiger partial charge is 0.258 e. The van der Waals surface area contributed by atoms with Crippen molar-refractivity contribution in [2.45, 2.75) is 6.54 Å². The Labute approximate surface area is 107 Å². The molecule has 2 aromatic heterocycles. The van der Waals surface area contributed by atoms with Crippen molar-refractivity contribution in [3.8, 4) is 22.2 Å². The lowest BCUT2D eigenvalue weighted by molar-refractivity contribution is 0.432. The monoisotopic (exact) mass is 258 g/mol. The predicted molar refractivity (Wildman–Crippen MR) is 68.7 cm³/mol. The van der Waals surface area contributed by atoms with E-state index in [1.54, 1.807) is 11.7 Å². The van der Waals surface area contributed by atoms with E-state index in [0.29, 0.717) is 18.3 Å². The molecule has 0 aliphatic heterocycles. The van der Waals surface area contributed by atoms with Gasteiger partial charge in [-0.3, -0.25) is 4.98 Å². The van der Waals surface area contributed by atoms with Crippen LogP contribution in [0.25, 0.3) is 22.2 Å². The number of hydrogen-bond acceptors (Lipinski definition) is 6. The number of nitrogens with zero attached hydrogens (tertiary/aromatic N) is 3. The zero-order valence-electron chi connectivity index (χ0n) is 9.41. The van der Waals surface area contributed by atoms with E-state index in [1.165, 1.54) is 11.3 Å². The Balaban J connectivity index is 1.97. The Morgan fingerprint density at radius 1 is 1.33 bits per heavy atom. The molecule has 0 fully saturated rings. The van der Waals surface area contributed by atoms with Crippen LogP contribution < -0.4 is 5.73 Å². The molecule has 0 saturated heterocycles. The lowest BCUT2D eigenvalue weighted by Crippen LogP contribution is -1.95. The summed E-state index contributed by atoms with van der Waals surface area (Å²) in [6, 6.07) is 7.76. The van der Waals surface area contributed by atoms with E-state index < -0.39 is 0 Å². The molecule has 0 amide bonds. The maximum atomic E-state index is 5.61. The molecule has 0 bridgehead atoms. The third kappa shape index (κ3) is 2.03. The molecule has 0 aliphatic carbocycles. The summed E-state index contributed by atoms with van der Waals surface area (Å²) < 4.78 is 5.25. The minimum absolute atomic E-state index is 0.490. The first-order chi connectivity index (χ1) is 8.86. The summed E-state index contributed by atoms with van der Waals surface area (Å²) in [5.41, 5.74) is 9.25. The summed E-state index contributed by atoms with van der Waals surface area (Å²) in [5, 5.41) is 3.94. The molecule has 5 nitrogen and oxygen atoms in total. The van der Waals surface area contributed by atoms with Gasteiger partial charge in [-0.15, -0.1) is 11.3 Å². The molecule has 0 saturated carbocycles. The van der Waals surface area contributed by atoms with Crippen molar-refractivity contribution in [2.24, 2.45) is 5.73 Å². The van der Waals surface area contributed by atoms with E-state index in [9.17, 15) is 0 Å². The Morgan fingerprint density at radius 2 is 2.28 bits per heavy atom. The van der Waals surface area contributed by atoms with Gasteiger partial charge in [-0.1, -0.05) is 17.3 Å². The first kappa shape index (κ1) is 11.1. The molecule has 6 heteroatoms. The topological polar surface area (TPSA) is 77.8 Å². The van der Waals surface area contributed by atoms with Crippen molar-refractivity contribution in [1.29, 1.82) is 0 Å². The molecule has 3 rings (SSSR count). The standard InChI is InChI=1S/C12H10N4OS/c13-5-8-2-1-3-9(4-8)12-15-11(16-17-12)10-6-14-7-18-10/h1-4,6-7H,5,13H2. The van der Waals surface area contributed by atoms with Crippen LogP contribution in [0.2, 0.25) is 0 Å². The molecule has 2 N–H and O–H groups in total. The van der Waals surface area contributed by atoms with E-state index in [-0.39, 0.29) is 0 Å². The van der Waals surface area contributed by atoms with Crippen LogP contribution in [0.1, 0.15) is 5.56 Å². The highest BCUT2D eigenvalue weighted by Crippen LogP contribution is 2.24. The minimum atomic E-state index is 0.490. The third-order valence-corrected chi connectivity index (χ3v) is 3.26. The molecule has 90 valence electrons. The second kappa shape index (κ2) is 4.67. The third-order valence-electron chi connectivity index (χ3n) is 2.49. The van der Waals surface area contributed by atoms with Gasteiger partial charge in [-0.25, -0.2) is 0 Å². The van der Waals surface area contributed by atoms with Gasteiger partial charge in [0.25, 0.3) is 5.89 Å². The van der Waals surface area contributed by atoms with Gasteiger partial charge in [-0.2, -0.15) is 4.98 Å². The number of hydrogen-bond donors (Lipinski definition) is 1. The van der Waals surface area contributed by atoms with Gasteiger partial charge < -0.3 is 10.3 Å². The largest absolute Gasteiger partial charge is 0.334 e. The number of benzene rings is 1. The van der Waals surface area contributed by atoms with E-state index in [2.05, 4.69) is 15.1 Å². The summed E-state index contributed by atoms with van der Waals surface area (Å²) in [6.07, 6.45) is 1.72. The van der Waals surface area contributed by atoms with Gasteiger partial charge in [0, 0.05) is 18.3 Å². The van der Waals surface area contributed by atoms with Gasteiger partial charge >= 0.3 is 0 Å². The predicted octanol–water partition coefficient (Wildman–Crippen LogP) is 2.32. The second-order valence-corrected chi connectivity index (χ2v) is 4.58. The molecule has 0 aliphatic rings. The van der Waals surface area contributed by atoms with Crippen molar-refractivity contribution >= 4 is 11.3 Å². The van der Waals surface area contributed by atoms with Crippen LogP contribution in [0.3, 0.4) is 0 Å². The SMILES string of the molecule is NCc1cccc(-c2nc(-c3cncs3)no2)c1. The van der Waals surface area contributed by atoms with Gasteiger partial charge in [0.1, 0.15) is 0 Å². The number of rotatable bonds is 3. The minimum Gasteiger partial charge on any atom is -0.334 e. The first-order valence-corrected chi connectivity index (χ1v) is 6.27. The lowest BCUT2D eigenvalue weighted by atomic mass is 10.1. The molecule has 0 spiro atoms. The van der Waals surface area contributed by atoms with Crippen LogP contribution in [-0.2, 0) is 6.54 Å². The molecular formula is C12H10N4OS. The van der Waals surface area contributed by atoms with Crippen molar-refractivity contribution < 1.29 is 4.52 Å². The Morgan fingerprint density at radius 3 is 3.06 bits per heavy atom. The van der Waals surface area contributed by atoms with E-state index >= 15 is 0 Å². The van der Waals surface area contributed by atoms with Crippen LogP contribution in [-0.4, -0.2) is 15.1 Å². The van der Waals surface area contributed by atoms with Crippen molar-refractivity contribution in [3.05, 3.63) is 41.5 Å². The van der Waals surface area contributed by atoms with Crippen LogP contribution in [0.15, 0.2) is 40.5 Å². The highest BCUT2D eigenvalue weighted by molar-refractivity contribution is 7.13. The van der Waals surface area contributed by atoms with E-state index in [4.69, 9.17) is 10.3 Å². The van der Waals surface area contributed by atoms with Gasteiger partial charge in [0.2, 0.25) is 5.82 Å². The van der Waals surface area contributed by atoms with Crippen molar-refractivity contribution in [2.75, 3.05) is 0 Å². The number of aromatic nitrogens is 3. The fourth-order valence-electron chi connectivity index (χ4n) is 1.60. The van der Waals surface area contributed by atoms with Gasteiger partial charge in [-0.05, 0) is 17.7 Å². The molecule has 0 unspecified atom stereocenters. The Hall–Kier alpha value is -2.05. The fraction of sp³-hybridized carbons (Fsp3) is 0.0833. The molecule has 18 heavy (non-hydrogen) atoms. The zero-order chi connectivity index (χ0) is 12.4. The summed E-state index contributed by atoms with van der Waals surface area (Å²) in [4.78, 5) is 9.23. The van der Waals surface area contributed by atoms with Gasteiger partial charge in [0.15, 0.2) is 0 Å². The average Bonchev–Trinajstić information content (AvgIpc) is 3.09. The molecule has 0 atom stereocenters. The van der Waals surface area contributed by atoms with Gasteiger partial charge in [0.05, 0.1) is 10.4 Å². The Kier molecular flexibility index (Phi) is 2.87. The van der Waals surface area contributed by atoms with Crippen LogP contribution in [0.5, 0.6) is 0 Å². The molecular weight excluding hydrogens is 248 g/mol. The summed E-state index contributed by atoms with van der Waals surface area (Å²) in [7, 11) is 0. The highest BCUT2D eigenvalue weighted by Gasteiger charge is 2.11. The molecule has 0 radical (unpaired) electrons. The highest BCUT2D eigenvalue weighted by atomic mass is 32.1. The maximum Gasteiger partial charge on any atom is 0.258 e. The van der Waals surface area contributed by atoms with Crippen LogP contribution >= 0.6 is 11.3 Å². The van der Waals surface area contributed by atoms with Crippen LogP contribution in [0, 0.1) is 0 Å². The number of nitrogens with two attached hydrogens (primary N) is 1. The molecule has 3 aromatic rings. The second-order valence-electron chi connectivity index (χ2n) is 3.69. The van der Waals surface area contributed by atoms with E-state index in [0.717, 1.165) is 16.0 Å².